The molecule has 0 aromatic heterocycles. The Balaban J connectivity index is 0.00000196. The Morgan fingerprint density at radius 3 is 2.65 bits per heavy atom. The summed E-state index contributed by atoms with van der Waals surface area (Å²) in [6.45, 7) is 1.46. The highest BCUT2D eigenvalue weighted by Gasteiger charge is 2.18. The first-order valence-corrected chi connectivity index (χ1v) is 9.12. The molecule has 26 heavy (non-hydrogen) atoms. The molecule has 5 heteroatoms. The highest BCUT2D eigenvalue weighted by Crippen LogP contribution is 2.25. The Labute approximate surface area is 159 Å². The van der Waals surface area contributed by atoms with Crippen molar-refractivity contribution in [2.24, 2.45) is 0 Å². The molecule has 1 aliphatic carbocycles. The van der Waals surface area contributed by atoms with E-state index in [1.807, 2.05) is 12.1 Å². The minimum atomic E-state index is -0.280. The lowest BCUT2D eigenvalue weighted by molar-refractivity contribution is -0.115. The lowest BCUT2D eigenvalue weighted by Gasteiger charge is -2.19. The molecule has 2 N–H and O–H groups in total. The third kappa shape index (κ3) is 3.92. The number of nitrogens with one attached hydrogen (secondary N) is 2. The first-order valence-electron chi connectivity index (χ1n) is 9.12. The number of carbonyl (C=O) groups excluding carboxylic acids is 1. The molecule has 3 nitrogen and oxygen atoms in total. The van der Waals surface area contributed by atoms with Crippen LogP contribution in [0, 0.1) is 5.82 Å². The fourth-order valence-corrected chi connectivity index (χ4v) is 3.91. The molecular formula is C21H24ClFN2O. The Bertz CT molecular complexity index is 822. The number of hydrogen-bond donors (Lipinski definition) is 2. The Morgan fingerprint density at radius 2 is 1.81 bits per heavy atom. The van der Waals surface area contributed by atoms with Crippen molar-refractivity contribution >= 4 is 24.0 Å². The van der Waals surface area contributed by atoms with Crippen LogP contribution < -0.4 is 10.6 Å². The van der Waals surface area contributed by atoms with Crippen molar-refractivity contribution in [3.05, 3.63) is 64.0 Å². The number of anilines is 1. The van der Waals surface area contributed by atoms with Crippen LogP contribution in [0.4, 0.5) is 10.1 Å². The van der Waals surface area contributed by atoms with Crippen molar-refractivity contribution < 1.29 is 9.18 Å². The lowest BCUT2D eigenvalue weighted by atomic mass is 9.90. The fourth-order valence-electron chi connectivity index (χ4n) is 3.91. The maximum absolute atomic E-state index is 14.6. The van der Waals surface area contributed by atoms with Crippen molar-refractivity contribution in [1.82, 2.24) is 5.32 Å². The van der Waals surface area contributed by atoms with Gasteiger partial charge < -0.3 is 10.6 Å². The van der Waals surface area contributed by atoms with E-state index in [1.165, 1.54) is 24.0 Å². The Morgan fingerprint density at radius 1 is 1.04 bits per heavy atom. The molecule has 2 aromatic carbocycles. The molecule has 1 heterocycles. The molecule has 0 saturated carbocycles. The zero-order valence-electron chi connectivity index (χ0n) is 14.7. The average Bonchev–Trinajstić information content (AvgIpc) is 2.64. The van der Waals surface area contributed by atoms with Gasteiger partial charge >= 0.3 is 0 Å². The largest absolute Gasteiger partial charge is 0.323 e. The van der Waals surface area contributed by atoms with Gasteiger partial charge in [0, 0.05) is 6.54 Å². The first-order chi connectivity index (χ1) is 12.2. The van der Waals surface area contributed by atoms with E-state index in [0.717, 1.165) is 36.1 Å². The van der Waals surface area contributed by atoms with Crippen LogP contribution in [0.25, 0.3) is 0 Å². The number of carbonyl (C=O) groups is 1. The number of rotatable bonds is 3. The zero-order valence-corrected chi connectivity index (χ0v) is 15.6. The van der Waals surface area contributed by atoms with Gasteiger partial charge in [-0.05, 0) is 72.5 Å². The van der Waals surface area contributed by atoms with Gasteiger partial charge in [-0.3, -0.25) is 4.79 Å². The van der Waals surface area contributed by atoms with Gasteiger partial charge in [-0.15, -0.1) is 12.4 Å². The SMILES string of the molecule is Cl.O=C(Cc1ccc2c(c1)CCCC2)Nc1ccc2c(c1F)CCNC2. The van der Waals surface area contributed by atoms with Crippen LogP contribution in [0.15, 0.2) is 30.3 Å². The minimum Gasteiger partial charge on any atom is -0.323 e. The minimum absolute atomic E-state index is 0. The van der Waals surface area contributed by atoms with Crippen LogP contribution in [0.5, 0.6) is 0 Å². The highest BCUT2D eigenvalue weighted by molar-refractivity contribution is 5.92. The van der Waals surface area contributed by atoms with Gasteiger partial charge in [-0.25, -0.2) is 4.39 Å². The topological polar surface area (TPSA) is 41.1 Å². The number of halogens is 2. The summed E-state index contributed by atoms with van der Waals surface area (Å²) in [5, 5.41) is 5.99. The lowest BCUT2D eigenvalue weighted by Crippen LogP contribution is -2.25. The predicted octanol–water partition coefficient (Wildman–Crippen LogP) is 3.95. The number of aryl methyl sites for hydroxylation is 2. The molecule has 4 rings (SSSR count). The molecule has 138 valence electrons. The molecule has 0 fully saturated rings. The number of fused-ring (bicyclic) bond motifs is 2. The molecule has 0 spiro atoms. The normalized spacial score (nSPS) is 15.4. The average molecular weight is 375 g/mol. The molecule has 0 atom stereocenters. The summed E-state index contributed by atoms with van der Waals surface area (Å²) < 4.78 is 14.6. The third-order valence-electron chi connectivity index (χ3n) is 5.26. The summed E-state index contributed by atoms with van der Waals surface area (Å²) in [5.41, 5.74) is 5.78. The monoisotopic (exact) mass is 374 g/mol. The van der Waals surface area contributed by atoms with Crippen LogP contribution in [0.3, 0.4) is 0 Å². The van der Waals surface area contributed by atoms with Crippen molar-refractivity contribution in [3.8, 4) is 0 Å². The first kappa shape index (κ1) is 18.9. The number of hydrogen-bond acceptors (Lipinski definition) is 2. The molecule has 2 aromatic rings. The van der Waals surface area contributed by atoms with E-state index in [4.69, 9.17) is 0 Å². The van der Waals surface area contributed by atoms with E-state index in [9.17, 15) is 9.18 Å². The van der Waals surface area contributed by atoms with Gasteiger partial charge in [-0.2, -0.15) is 0 Å². The summed E-state index contributed by atoms with van der Waals surface area (Å²) in [6, 6.07) is 9.89. The van der Waals surface area contributed by atoms with E-state index in [2.05, 4.69) is 22.8 Å². The van der Waals surface area contributed by atoms with Crippen LogP contribution in [0.1, 0.15) is 40.7 Å². The second-order valence-corrected chi connectivity index (χ2v) is 7.03. The van der Waals surface area contributed by atoms with Gasteiger partial charge in [0.1, 0.15) is 5.82 Å². The molecular weight excluding hydrogens is 351 g/mol. The summed E-state index contributed by atoms with van der Waals surface area (Å²) in [7, 11) is 0. The fraction of sp³-hybridized carbons (Fsp3) is 0.381. The quantitative estimate of drug-likeness (QED) is 0.854. The molecule has 0 saturated heterocycles. The van der Waals surface area contributed by atoms with Crippen molar-refractivity contribution in [2.45, 2.75) is 45.1 Å². The molecule has 0 radical (unpaired) electrons. The summed E-state index contributed by atoms with van der Waals surface area (Å²) >= 11 is 0. The number of benzene rings is 2. The maximum Gasteiger partial charge on any atom is 0.228 e. The Hall–Kier alpha value is -1.91. The summed E-state index contributed by atoms with van der Waals surface area (Å²) in [6.07, 6.45) is 5.65. The maximum atomic E-state index is 14.6. The number of amides is 1. The van der Waals surface area contributed by atoms with E-state index in [0.29, 0.717) is 18.7 Å². The van der Waals surface area contributed by atoms with E-state index >= 15 is 0 Å². The van der Waals surface area contributed by atoms with Gasteiger partial charge in [0.2, 0.25) is 5.91 Å². The zero-order chi connectivity index (χ0) is 17.2. The Kier molecular flexibility index (Phi) is 5.94. The van der Waals surface area contributed by atoms with Crippen LogP contribution >= 0.6 is 12.4 Å². The van der Waals surface area contributed by atoms with Crippen LogP contribution in [0.2, 0.25) is 0 Å². The summed E-state index contributed by atoms with van der Waals surface area (Å²) in [4.78, 5) is 12.4. The molecule has 1 amide bonds. The van der Waals surface area contributed by atoms with Gasteiger partial charge in [0.25, 0.3) is 0 Å². The van der Waals surface area contributed by atoms with Crippen molar-refractivity contribution in [3.63, 3.8) is 0 Å². The van der Waals surface area contributed by atoms with E-state index in [-0.39, 0.29) is 30.6 Å². The second kappa shape index (κ2) is 8.19. The van der Waals surface area contributed by atoms with Crippen molar-refractivity contribution in [1.29, 1.82) is 0 Å². The predicted molar refractivity (Wildman–Crippen MR) is 104 cm³/mol. The smallest absolute Gasteiger partial charge is 0.228 e. The van der Waals surface area contributed by atoms with Gasteiger partial charge in [0.05, 0.1) is 12.1 Å². The van der Waals surface area contributed by atoms with Gasteiger partial charge in [0.15, 0.2) is 0 Å². The summed E-state index contributed by atoms with van der Waals surface area (Å²) in [5.74, 6) is -0.443. The molecule has 1 aliphatic heterocycles. The van der Waals surface area contributed by atoms with E-state index in [1.54, 1.807) is 6.07 Å². The molecule has 0 bridgehead atoms. The second-order valence-electron chi connectivity index (χ2n) is 7.03. The molecule has 2 aliphatic rings. The van der Waals surface area contributed by atoms with Crippen LogP contribution in [-0.2, 0) is 37.0 Å². The molecule has 0 unspecified atom stereocenters. The standard InChI is InChI=1S/C21H23FN2O.ClH/c22-21-18-9-10-23-13-17(18)7-8-19(21)24-20(25)12-14-5-6-15-3-1-2-4-16(15)11-14;/h5-8,11,23H,1-4,9-10,12-13H2,(H,24,25);1H. The van der Waals surface area contributed by atoms with Gasteiger partial charge in [-0.1, -0.05) is 24.3 Å². The van der Waals surface area contributed by atoms with Crippen molar-refractivity contribution in [2.75, 3.05) is 11.9 Å². The van der Waals surface area contributed by atoms with E-state index < -0.39 is 0 Å². The third-order valence-corrected chi connectivity index (χ3v) is 5.26. The van der Waals surface area contributed by atoms with Crippen LogP contribution in [-0.4, -0.2) is 12.5 Å². The highest BCUT2D eigenvalue weighted by atomic mass is 35.5.